The van der Waals surface area contributed by atoms with Crippen molar-refractivity contribution in [3.8, 4) is 66.8 Å². The number of fused-ring (bicyclic) bond motifs is 15. The lowest BCUT2D eigenvalue weighted by atomic mass is 9.79. The lowest BCUT2D eigenvalue weighted by Gasteiger charge is -2.32. The van der Waals surface area contributed by atoms with Crippen LogP contribution in [0.5, 0.6) is 0 Å². The van der Waals surface area contributed by atoms with Crippen molar-refractivity contribution in [1.29, 1.82) is 0 Å². The van der Waals surface area contributed by atoms with Crippen LogP contribution < -0.4 is 4.90 Å². The van der Waals surface area contributed by atoms with E-state index in [0.29, 0.717) is 0 Å². The second kappa shape index (κ2) is 12.8. The fraction of sp³-hybridized carbons (Fsp3) is 0.0526. The maximum absolute atomic E-state index is 6.92. The Morgan fingerprint density at radius 3 is 1.75 bits per heavy atom. The normalized spacial score (nSPS) is 13.1. The molecule has 1 heterocycles. The highest BCUT2D eigenvalue weighted by Crippen LogP contribution is 2.56. The van der Waals surface area contributed by atoms with Gasteiger partial charge in [0.2, 0.25) is 0 Å². The average molecular weight is 754 g/mol. The van der Waals surface area contributed by atoms with Gasteiger partial charge < -0.3 is 9.32 Å². The van der Waals surface area contributed by atoms with Gasteiger partial charge in [0, 0.05) is 38.7 Å². The van der Waals surface area contributed by atoms with Gasteiger partial charge in [-0.15, -0.1) is 0 Å². The average Bonchev–Trinajstić information content (AvgIpc) is 3.78. The molecule has 0 unspecified atom stereocenters. The van der Waals surface area contributed by atoms with E-state index in [4.69, 9.17) is 4.42 Å². The quantitative estimate of drug-likeness (QED) is 0.178. The van der Waals surface area contributed by atoms with E-state index in [1.807, 2.05) is 0 Å². The summed E-state index contributed by atoms with van der Waals surface area (Å²) in [6, 6.07) is 73.3. The minimum Gasteiger partial charge on any atom is -0.455 e. The molecule has 0 amide bonds. The summed E-state index contributed by atoms with van der Waals surface area (Å²) in [6.45, 7) is 4.73. The maximum Gasteiger partial charge on any atom is 0.143 e. The standard InChI is InChI=1S/C57H39NO/c1-57(2)50-24-12-10-20-43(50)44-32-31-39(35-51(44)57)58(38-29-27-37(28-30-38)36-15-4-3-5-16-36)52-25-14-23-49-54(52)46-22-9-8-18-41(46)40-17-6-7-19-42(40)47-33-34-48-45-21-11-13-26-53(45)59-56(48)55(47)49/h3-35H,1-2H3. The summed E-state index contributed by atoms with van der Waals surface area (Å²) in [4.78, 5) is 2.48. The topological polar surface area (TPSA) is 16.4 Å². The fourth-order valence-electron chi connectivity index (χ4n) is 10.1. The summed E-state index contributed by atoms with van der Waals surface area (Å²) in [5.74, 6) is 0. The van der Waals surface area contributed by atoms with Crippen molar-refractivity contribution in [2.75, 3.05) is 4.90 Å². The summed E-state index contributed by atoms with van der Waals surface area (Å²) in [5, 5.41) is 2.25. The van der Waals surface area contributed by atoms with Crippen LogP contribution >= 0.6 is 0 Å². The first-order valence-corrected chi connectivity index (χ1v) is 20.5. The molecule has 0 fully saturated rings. The van der Waals surface area contributed by atoms with Crippen molar-refractivity contribution in [3.05, 3.63) is 211 Å². The van der Waals surface area contributed by atoms with Gasteiger partial charge in [-0.1, -0.05) is 172 Å². The fourth-order valence-corrected chi connectivity index (χ4v) is 10.1. The zero-order valence-electron chi connectivity index (χ0n) is 32.9. The molecule has 9 aromatic carbocycles. The van der Waals surface area contributed by atoms with Crippen LogP contribution in [0.25, 0.3) is 88.7 Å². The highest BCUT2D eigenvalue weighted by molar-refractivity contribution is 6.17. The van der Waals surface area contributed by atoms with E-state index < -0.39 is 0 Å². The molecule has 2 aliphatic rings. The van der Waals surface area contributed by atoms with Crippen LogP contribution in [-0.2, 0) is 5.41 Å². The Hall–Kier alpha value is -7.42. The lowest BCUT2D eigenvalue weighted by Crippen LogP contribution is -2.17. The van der Waals surface area contributed by atoms with Gasteiger partial charge in [0.15, 0.2) is 0 Å². The van der Waals surface area contributed by atoms with Crippen LogP contribution in [0.1, 0.15) is 25.0 Å². The second-order valence-corrected chi connectivity index (χ2v) is 16.4. The van der Waals surface area contributed by atoms with Crippen LogP contribution in [0.3, 0.4) is 0 Å². The van der Waals surface area contributed by atoms with E-state index in [0.717, 1.165) is 55.7 Å². The van der Waals surface area contributed by atoms with Crippen molar-refractivity contribution in [3.63, 3.8) is 0 Å². The number of para-hydroxylation sites is 1. The summed E-state index contributed by atoms with van der Waals surface area (Å²) in [6.07, 6.45) is 0. The molecule has 0 aliphatic heterocycles. The molecule has 0 bridgehead atoms. The molecule has 278 valence electrons. The van der Waals surface area contributed by atoms with Crippen molar-refractivity contribution < 1.29 is 4.42 Å². The van der Waals surface area contributed by atoms with Crippen molar-refractivity contribution in [2.45, 2.75) is 19.3 Å². The molecule has 10 aromatic rings. The van der Waals surface area contributed by atoms with Gasteiger partial charge in [-0.2, -0.15) is 0 Å². The van der Waals surface area contributed by atoms with Crippen molar-refractivity contribution >= 4 is 39.0 Å². The zero-order valence-corrected chi connectivity index (χ0v) is 32.9. The number of rotatable bonds is 4. The molecule has 59 heavy (non-hydrogen) atoms. The number of hydrogen-bond acceptors (Lipinski definition) is 2. The van der Waals surface area contributed by atoms with Gasteiger partial charge in [0.05, 0.1) is 5.69 Å². The first-order valence-electron chi connectivity index (χ1n) is 20.5. The zero-order chi connectivity index (χ0) is 39.2. The highest BCUT2D eigenvalue weighted by atomic mass is 16.3. The third-order valence-electron chi connectivity index (χ3n) is 12.9. The SMILES string of the molecule is CC1(C)c2ccccc2-c2ccc(N(c3ccc(-c4ccccc4)cc3)c3cccc4c3-c3ccccc3-c3ccccc3-c3ccc5c(oc6ccccc65)c3-4)cc21. The summed E-state index contributed by atoms with van der Waals surface area (Å²) in [5.41, 5.74) is 22.1. The van der Waals surface area contributed by atoms with E-state index in [1.165, 1.54) is 61.2 Å². The molecular formula is C57H39NO. The molecule has 0 radical (unpaired) electrons. The smallest absolute Gasteiger partial charge is 0.143 e. The van der Waals surface area contributed by atoms with Gasteiger partial charge >= 0.3 is 0 Å². The largest absolute Gasteiger partial charge is 0.455 e. The van der Waals surface area contributed by atoms with E-state index in [-0.39, 0.29) is 5.41 Å². The van der Waals surface area contributed by atoms with E-state index in [1.54, 1.807) is 0 Å². The Morgan fingerprint density at radius 1 is 0.373 bits per heavy atom. The van der Waals surface area contributed by atoms with Gasteiger partial charge in [0.1, 0.15) is 11.2 Å². The van der Waals surface area contributed by atoms with Gasteiger partial charge in [0.25, 0.3) is 0 Å². The number of benzene rings is 9. The molecule has 1 aromatic heterocycles. The maximum atomic E-state index is 6.92. The molecule has 2 aliphatic carbocycles. The second-order valence-electron chi connectivity index (χ2n) is 16.4. The Kier molecular flexibility index (Phi) is 7.31. The minimum absolute atomic E-state index is 0.154. The van der Waals surface area contributed by atoms with E-state index >= 15 is 0 Å². The predicted octanol–water partition coefficient (Wildman–Crippen LogP) is 16.0. The Balaban J connectivity index is 1.18. The van der Waals surface area contributed by atoms with Gasteiger partial charge in [-0.05, 0) is 109 Å². The summed E-state index contributed by atoms with van der Waals surface area (Å²) in [7, 11) is 0. The first-order chi connectivity index (χ1) is 29.0. The number of furan rings is 1. The van der Waals surface area contributed by atoms with Crippen LogP contribution in [0.2, 0.25) is 0 Å². The van der Waals surface area contributed by atoms with Gasteiger partial charge in [-0.3, -0.25) is 0 Å². The summed E-state index contributed by atoms with van der Waals surface area (Å²) < 4.78 is 6.92. The molecule has 0 saturated heterocycles. The Bertz CT molecular complexity index is 3300. The van der Waals surface area contributed by atoms with Crippen LogP contribution in [0, 0.1) is 0 Å². The Morgan fingerprint density at radius 2 is 0.949 bits per heavy atom. The van der Waals surface area contributed by atoms with Crippen molar-refractivity contribution in [1.82, 2.24) is 0 Å². The van der Waals surface area contributed by atoms with E-state index in [9.17, 15) is 0 Å². The minimum atomic E-state index is -0.154. The summed E-state index contributed by atoms with van der Waals surface area (Å²) >= 11 is 0. The van der Waals surface area contributed by atoms with Crippen LogP contribution in [0.15, 0.2) is 205 Å². The predicted molar refractivity (Wildman–Crippen MR) is 247 cm³/mol. The number of nitrogens with zero attached hydrogens (tertiary/aromatic N) is 1. The molecule has 0 spiro atoms. The van der Waals surface area contributed by atoms with Gasteiger partial charge in [-0.25, -0.2) is 0 Å². The lowest BCUT2D eigenvalue weighted by molar-refractivity contribution is 0.660. The van der Waals surface area contributed by atoms with Crippen molar-refractivity contribution in [2.24, 2.45) is 0 Å². The van der Waals surface area contributed by atoms with Crippen LogP contribution in [0.4, 0.5) is 17.1 Å². The molecule has 12 rings (SSSR count). The molecule has 0 atom stereocenters. The highest BCUT2D eigenvalue weighted by Gasteiger charge is 2.36. The molecule has 0 saturated carbocycles. The van der Waals surface area contributed by atoms with Crippen LogP contribution in [-0.4, -0.2) is 0 Å². The monoisotopic (exact) mass is 753 g/mol. The number of anilines is 3. The third kappa shape index (κ3) is 5.00. The molecule has 2 nitrogen and oxygen atoms in total. The third-order valence-corrected chi connectivity index (χ3v) is 12.9. The van der Waals surface area contributed by atoms with E-state index in [2.05, 4.69) is 219 Å². The molecule has 2 heteroatoms. The molecule has 0 N–H and O–H groups in total. The Labute approximate surface area is 344 Å². The molecular weight excluding hydrogens is 715 g/mol. The first kappa shape index (κ1) is 33.7. The number of hydrogen-bond donors (Lipinski definition) is 0.